The van der Waals surface area contributed by atoms with Crippen LogP contribution >= 0.6 is 0 Å². The fraction of sp³-hybridized carbons (Fsp3) is 0.538. The van der Waals surface area contributed by atoms with Crippen LogP contribution in [0.25, 0.3) is 0 Å². The fourth-order valence-corrected chi connectivity index (χ4v) is 4.04. The summed E-state index contributed by atoms with van der Waals surface area (Å²) in [5.74, 6) is 1.38. The number of hydrogen-bond donors (Lipinski definition) is 1. The lowest BCUT2D eigenvalue weighted by atomic mass is 10.0. The highest BCUT2D eigenvalue weighted by Crippen LogP contribution is 2.20. The molecule has 164 valence electrons. The van der Waals surface area contributed by atoms with Gasteiger partial charge in [-0.1, -0.05) is 55.8 Å². The second-order valence-electron chi connectivity index (χ2n) is 8.96. The molecule has 0 radical (unpaired) electrons. The Labute approximate surface area is 181 Å². The Kier molecular flexibility index (Phi) is 8.32. The van der Waals surface area contributed by atoms with Crippen LogP contribution in [0.1, 0.15) is 54.9 Å². The minimum Gasteiger partial charge on any atom is -0.491 e. The third-order valence-corrected chi connectivity index (χ3v) is 5.77. The maximum Gasteiger partial charge on any atom is 0.122 e. The highest BCUT2D eigenvalue weighted by molar-refractivity contribution is 5.35. The van der Waals surface area contributed by atoms with Crippen molar-refractivity contribution in [2.24, 2.45) is 0 Å². The van der Waals surface area contributed by atoms with Crippen molar-refractivity contribution in [2.45, 2.75) is 65.2 Å². The van der Waals surface area contributed by atoms with Crippen molar-refractivity contribution in [1.82, 2.24) is 4.90 Å². The Morgan fingerprint density at radius 1 is 1.13 bits per heavy atom. The van der Waals surface area contributed by atoms with Gasteiger partial charge in [-0.15, -0.1) is 0 Å². The van der Waals surface area contributed by atoms with E-state index < -0.39 is 6.10 Å². The van der Waals surface area contributed by atoms with E-state index in [-0.39, 0.29) is 12.7 Å². The van der Waals surface area contributed by atoms with E-state index in [1.807, 2.05) is 19.1 Å². The number of aryl methyl sites for hydroxylation is 2. The minimum absolute atomic E-state index is 0.257. The molecule has 1 fully saturated rings. The van der Waals surface area contributed by atoms with Gasteiger partial charge in [-0.2, -0.15) is 0 Å². The molecule has 0 spiro atoms. The van der Waals surface area contributed by atoms with Gasteiger partial charge in [0.15, 0.2) is 0 Å². The first-order valence-electron chi connectivity index (χ1n) is 11.2. The minimum atomic E-state index is -0.554. The van der Waals surface area contributed by atoms with Crippen molar-refractivity contribution in [2.75, 3.05) is 26.3 Å². The molecule has 1 aliphatic heterocycles. The molecular weight excluding hydrogens is 374 g/mol. The average molecular weight is 412 g/mol. The molecule has 1 saturated heterocycles. The topological polar surface area (TPSA) is 41.9 Å². The molecule has 2 aromatic carbocycles. The third-order valence-electron chi connectivity index (χ3n) is 5.77. The largest absolute Gasteiger partial charge is 0.491 e. The van der Waals surface area contributed by atoms with E-state index in [4.69, 9.17) is 9.47 Å². The Balaban J connectivity index is 1.59. The molecule has 30 heavy (non-hydrogen) atoms. The Morgan fingerprint density at radius 2 is 1.90 bits per heavy atom. The van der Waals surface area contributed by atoms with Crippen LogP contribution in [-0.4, -0.2) is 48.5 Å². The first-order valence-corrected chi connectivity index (χ1v) is 11.2. The molecule has 1 N–H and O–H groups in total. The SMILES string of the molecule is Cc1ccc(OCC(O)CN(Cc2ccc(C(C)C)cc2)CC2CCCO2)c(C)c1. The van der Waals surface area contributed by atoms with E-state index in [9.17, 15) is 5.11 Å². The predicted molar refractivity (Wildman–Crippen MR) is 122 cm³/mol. The number of ether oxygens (including phenoxy) is 2. The lowest BCUT2D eigenvalue weighted by Crippen LogP contribution is -2.39. The molecule has 2 unspecified atom stereocenters. The van der Waals surface area contributed by atoms with Crippen LogP contribution in [0, 0.1) is 13.8 Å². The summed E-state index contributed by atoms with van der Waals surface area (Å²) in [5, 5.41) is 10.7. The van der Waals surface area contributed by atoms with E-state index in [1.165, 1.54) is 16.7 Å². The second kappa shape index (κ2) is 10.9. The summed E-state index contributed by atoms with van der Waals surface area (Å²) in [6.07, 6.45) is 1.92. The first-order chi connectivity index (χ1) is 14.4. The maximum atomic E-state index is 10.7. The van der Waals surface area contributed by atoms with Crippen LogP contribution < -0.4 is 4.74 Å². The molecular formula is C26H37NO3. The molecule has 0 aliphatic carbocycles. The maximum absolute atomic E-state index is 10.7. The van der Waals surface area contributed by atoms with E-state index in [0.717, 1.165) is 43.9 Å². The molecule has 0 aromatic heterocycles. The molecule has 0 bridgehead atoms. The molecule has 1 aliphatic rings. The number of nitrogens with zero attached hydrogens (tertiary/aromatic N) is 1. The highest BCUT2D eigenvalue weighted by Gasteiger charge is 2.21. The Bertz CT molecular complexity index is 781. The first kappa shape index (κ1) is 22.8. The number of rotatable bonds is 10. The van der Waals surface area contributed by atoms with E-state index in [0.29, 0.717) is 12.5 Å². The zero-order valence-electron chi connectivity index (χ0n) is 18.9. The van der Waals surface area contributed by atoms with Gasteiger partial charge >= 0.3 is 0 Å². The number of hydrogen-bond acceptors (Lipinski definition) is 4. The standard InChI is InChI=1S/C26H37NO3/c1-19(2)23-10-8-22(9-11-23)15-27(17-25-6-5-13-29-25)16-24(28)18-30-26-12-7-20(3)14-21(26)4/h7-12,14,19,24-25,28H,5-6,13,15-18H2,1-4H3. The summed E-state index contributed by atoms with van der Waals surface area (Å²) in [7, 11) is 0. The van der Waals surface area contributed by atoms with Gasteiger partial charge in [0, 0.05) is 26.2 Å². The van der Waals surface area contributed by atoms with Gasteiger partial charge in [0.1, 0.15) is 18.5 Å². The number of benzene rings is 2. The van der Waals surface area contributed by atoms with Crippen LogP contribution in [-0.2, 0) is 11.3 Å². The molecule has 4 heteroatoms. The summed E-state index contributed by atoms with van der Waals surface area (Å²) >= 11 is 0. The summed E-state index contributed by atoms with van der Waals surface area (Å²) in [5.41, 5.74) is 4.93. The smallest absolute Gasteiger partial charge is 0.122 e. The fourth-order valence-electron chi connectivity index (χ4n) is 4.04. The highest BCUT2D eigenvalue weighted by atomic mass is 16.5. The lowest BCUT2D eigenvalue weighted by Gasteiger charge is -2.28. The van der Waals surface area contributed by atoms with Crippen molar-refractivity contribution in [3.8, 4) is 5.75 Å². The van der Waals surface area contributed by atoms with Crippen LogP contribution in [0.4, 0.5) is 0 Å². The number of aliphatic hydroxyl groups is 1. The van der Waals surface area contributed by atoms with Crippen LogP contribution in [0.5, 0.6) is 5.75 Å². The van der Waals surface area contributed by atoms with Gasteiger partial charge < -0.3 is 14.6 Å². The van der Waals surface area contributed by atoms with Gasteiger partial charge in [0.2, 0.25) is 0 Å². The second-order valence-corrected chi connectivity index (χ2v) is 8.96. The predicted octanol–water partition coefficient (Wildman–Crippen LogP) is 4.85. The van der Waals surface area contributed by atoms with Crippen LogP contribution in [0.3, 0.4) is 0 Å². The van der Waals surface area contributed by atoms with E-state index >= 15 is 0 Å². The summed E-state index contributed by atoms with van der Waals surface area (Å²) in [6, 6.07) is 15.0. The third kappa shape index (κ3) is 6.83. The van der Waals surface area contributed by atoms with Crippen molar-refractivity contribution in [3.05, 3.63) is 64.7 Å². The Morgan fingerprint density at radius 3 is 2.53 bits per heavy atom. The van der Waals surface area contributed by atoms with E-state index in [1.54, 1.807) is 0 Å². The summed E-state index contributed by atoms with van der Waals surface area (Å²) < 4.78 is 11.8. The average Bonchev–Trinajstić information content (AvgIpc) is 3.20. The van der Waals surface area contributed by atoms with Crippen molar-refractivity contribution in [1.29, 1.82) is 0 Å². The van der Waals surface area contributed by atoms with Crippen molar-refractivity contribution >= 4 is 0 Å². The molecule has 2 aromatic rings. The molecule has 2 atom stereocenters. The van der Waals surface area contributed by atoms with Gasteiger partial charge in [-0.05, 0) is 55.4 Å². The van der Waals surface area contributed by atoms with Gasteiger partial charge in [-0.25, -0.2) is 0 Å². The lowest BCUT2D eigenvalue weighted by molar-refractivity contribution is 0.0313. The van der Waals surface area contributed by atoms with Crippen molar-refractivity contribution in [3.63, 3.8) is 0 Å². The van der Waals surface area contributed by atoms with Crippen molar-refractivity contribution < 1.29 is 14.6 Å². The molecule has 4 nitrogen and oxygen atoms in total. The Hall–Kier alpha value is -1.88. The van der Waals surface area contributed by atoms with Gasteiger partial charge in [0.25, 0.3) is 0 Å². The monoisotopic (exact) mass is 411 g/mol. The molecule has 3 rings (SSSR count). The molecule has 0 saturated carbocycles. The summed E-state index contributed by atoms with van der Waals surface area (Å²) in [4.78, 5) is 2.30. The van der Waals surface area contributed by atoms with Gasteiger partial charge in [0.05, 0.1) is 6.10 Å². The number of aliphatic hydroxyl groups excluding tert-OH is 1. The van der Waals surface area contributed by atoms with Gasteiger partial charge in [-0.3, -0.25) is 4.90 Å². The zero-order chi connectivity index (χ0) is 21.5. The normalized spacial score (nSPS) is 17.6. The van der Waals surface area contributed by atoms with E-state index in [2.05, 4.69) is 56.0 Å². The molecule has 0 amide bonds. The molecule has 1 heterocycles. The summed E-state index contributed by atoms with van der Waals surface area (Å²) in [6.45, 7) is 11.9. The zero-order valence-corrected chi connectivity index (χ0v) is 18.9. The quantitative estimate of drug-likeness (QED) is 0.607. The van der Waals surface area contributed by atoms with Crippen LogP contribution in [0.15, 0.2) is 42.5 Å². The van der Waals surface area contributed by atoms with Crippen LogP contribution in [0.2, 0.25) is 0 Å².